The van der Waals surface area contributed by atoms with Crippen LogP contribution in [0.4, 0.5) is 4.79 Å². The van der Waals surface area contributed by atoms with E-state index in [1.165, 1.54) is 12.8 Å². The van der Waals surface area contributed by atoms with Crippen molar-refractivity contribution in [1.82, 2.24) is 10.6 Å². The summed E-state index contributed by atoms with van der Waals surface area (Å²) in [6, 6.07) is 0. The molecule has 1 aliphatic heterocycles. The molecule has 2 unspecified atom stereocenters. The summed E-state index contributed by atoms with van der Waals surface area (Å²) in [5.41, 5.74) is -0.420. The molecule has 1 heterocycles. The standard InChI is InChI=1S/C16H32N2O2/c1-12(2)10-13-6-8-17-11-14(13)7-9-18-15(19)20-16(3,4)5/h12-14,17H,6-11H2,1-5H3,(H,18,19). The fourth-order valence-corrected chi connectivity index (χ4v) is 2.90. The Kier molecular flexibility index (Phi) is 6.80. The smallest absolute Gasteiger partial charge is 0.407 e. The molecular formula is C16H32N2O2. The molecule has 0 spiro atoms. The number of alkyl carbamates (subject to hydrolysis) is 1. The SMILES string of the molecule is CC(C)CC1CCNCC1CCNC(=O)OC(C)(C)C. The maximum absolute atomic E-state index is 11.6. The predicted octanol–water partition coefficient (Wildman–Crippen LogP) is 3.17. The van der Waals surface area contributed by atoms with Crippen LogP contribution in [0.2, 0.25) is 0 Å². The quantitative estimate of drug-likeness (QED) is 0.815. The maximum Gasteiger partial charge on any atom is 0.407 e. The van der Waals surface area contributed by atoms with Crippen LogP contribution in [0.15, 0.2) is 0 Å². The molecule has 2 atom stereocenters. The van der Waals surface area contributed by atoms with Crippen molar-refractivity contribution in [2.45, 2.75) is 59.5 Å². The van der Waals surface area contributed by atoms with Gasteiger partial charge in [0.2, 0.25) is 0 Å². The first-order chi connectivity index (χ1) is 9.28. The average molecular weight is 284 g/mol. The summed E-state index contributed by atoms with van der Waals surface area (Å²) in [5.74, 6) is 2.21. The molecule has 4 heteroatoms. The Morgan fingerprint density at radius 1 is 1.35 bits per heavy atom. The molecule has 0 aromatic rings. The minimum Gasteiger partial charge on any atom is -0.444 e. The molecule has 20 heavy (non-hydrogen) atoms. The highest BCUT2D eigenvalue weighted by molar-refractivity contribution is 5.67. The second-order valence-corrected chi connectivity index (χ2v) is 7.36. The zero-order chi connectivity index (χ0) is 15.2. The van der Waals surface area contributed by atoms with Crippen molar-refractivity contribution >= 4 is 6.09 Å². The van der Waals surface area contributed by atoms with Crippen LogP contribution >= 0.6 is 0 Å². The molecule has 0 saturated carbocycles. The molecule has 1 aliphatic rings. The van der Waals surface area contributed by atoms with Crippen LogP contribution < -0.4 is 10.6 Å². The topological polar surface area (TPSA) is 50.4 Å². The van der Waals surface area contributed by atoms with Crippen LogP contribution in [0.3, 0.4) is 0 Å². The van der Waals surface area contributed by atoms with E-state index in [9.17, 15) is 4.79 Å². The van der Waals surface area contributed by atoms with E-state index in [2.05, 4.69) is 24.5 Å². The van der Waals surface area contributed by atoms with Gasteiger partial charge in [-0.1, -0.05) is 13.8 Å². The number of hydrogen-bond acceptors (Lipinski definition) is 3. The lowest BCUT2D eigenvalue weighted by molar-refractivity contribution is 0.0521. The third-order valence-electron chi connectivity index (χ3n) is 3.72. The average Bonchev–Trinajstić information content (AvgIpc) is 2.28. The zero-order valence-electron chi connectivity index (χ0n) is 13.8. The molecule has 0 aliphatic carbocycles. The molecule has 118 valence electrons. The monoisotopic (exact) mass is 284 g/mol. The summed E-state index contributed by atoms with van der Waals surface area (Å²) in [4.78, 5) is 11.6. The van der Waals surface area contributed by atoms with Crippen molar-refractivity contribution in [2.24, 2.45) is 17.8 Å². The molecule has 1 fully saturated rings. The summed E-state index contributed by atoms with van der Waals surface area (Å²) < 4.78 is 5.25. The van der Waals surface area contributed by atoms with Gasteiger partial charge in [-0.25, -0.2) is 4.79 Å². The Morgan fingerprint density at radius 2 is 2.05 bits per heavy atom. The van der Waals surface area contributed by atoms with E-state index in [1.54, 1.807) is 0 Å². The molecule has 2 N–H and O–H groups in total. The fourth-order valence-electron chi connectivity index (χ4n) is 2.90. The lowest BCUT2D eigenvalue weighted by Gasteiger charge is -2.33. The van der Waals surface area contributed by atoms with E-state index in [0.717, 1.165) is 31.3 Å². The van der Waals surface area contributed by atoms with Gasteiger partial charge in [0.1, 0.15) is 5.60 Å². The van der Waals surface area contributed by atoms with Gasteiger partial charge in [0.25, 0.3) is 0 Å². The van der Waals surface area contributed by atoms with Crippen LogP contribution in [0.1, 0.15) is 53.9 Å². The first kappa shape index (κ1) is 17.3. The van der Waals surface area contributed by atoms with E-state index >= 15 is 0 Å². The third kappa shape index (κ3) is 7.13. The Hall–Kier alpha value is -0.770. The molecule has 0 aromatic carbocycles. The largest absolute Gasteiger partial charge is 0.444 e. The zero-order valence-corrected chi connectivity index (χ0v) is 13.8. The van der Waals surface area contributed by atoms with Crippen molar-refractivity contribution in [3.05, 3.63) is 0 Å². The highest BCUT2D eigenvalue weighted by atomic mass is 16.6. The highest BCUT2D eigenvalue weighted by Crippen LogP contribution is 2.28. The van der Waals surface area contributed by atoms with Crippen LogP contribution in [-0.4, -0.2) is 31.3 Å². The third-order valence-corrected chi connectivity index (χ3v) is 3.72. The number of carbonyl (C=O) groups is 1. The van der Waals surface area contributed by atoms with Gasteiger partial charge in [-0.15, -0.1) is 0 Å². The second-order valence-electron chi connectivity index (χ2n) is 7.36. The highest BCUT2D eigenvalue weighted by Gasteiger charge is 2.25. The van der Waals surface area contributed by atoms with Crippen molar-refractivity contribution in [3.8, 4) is 0 Å². The molecular weight excluding hydrogens is 252 g/mol. The predicted molar refractivity (Wildman–Crippen MR) is 82.8 cm³/mol. The molecule has 1 rings (SSSR count). The Bertz CT molecular complexity index is 297. The summed E-state index contributed by atoms with van der Waals surface area (Å²) in [5, 5.41) is 6.34. The fraction of sp³-hybridized carbons (Fsp3) is 0.938. The van der Waals surface area contributed by atoms with Crippen molar-refractivity contribution < 1.29 is 9.53 Å². The van der Waals surface area contributed by atoms with E-state index < -0.39 is 5.60 Å². The molecule has 4 nitrogen and oxygen atoms in total. The molecule has 0 bridgehead atoms. The van der Waals surface area contributed by atoms with Gasteiger partial charge in [0.15, 0.2) is 0 Å². The summed E-state index contributed by atoms with van der Waals surface area (Å²) in [7, 11) is 0. The van der Waals surface area contributed by atoms with Crippen LogP contribution in [0.5, 0.6) is 0 Å². The van der Waals surface area contributed by atoms with E-state index in [0.29, 0.717) is 12.5 Å². The van der Waals surface area contributed by atoms with Crippen LogP contribution in [0, 0.1) is 17.8 Å². The summed E-state index contributed by atoms with van der Waals surface area (Å²) >= 11 is 0. The lowest BCUT2D eigenvalue weighted by atomic mass is 9.79. The molecule has 0 radical (unpaired) electrons. The van der Waals surface area contributed by atoms with Gasteiger partial charge >= 0.3 is 6.09 Å². The van der Waals surface area contributed by atoms with E-state index in [4.69, 9.17) is 4.74 Å². The van der Waals surface area contributed by atoms with E-state index in [1.807, 2.05) is 20.8 Å². The maximum atomic E-state index is 11.6. The Morgan fingerprint density at radius 3 is 2.65 bits per heavy atom. The molecule has 0 aromatic heterocycles. The summed E-state index contributed by atoms with van der Waals surface area (Å²) in [6.07, 6.45) is 3.28. The van der Waals surface area contributed by atoms with Crippen molar-refractivity contribution in [1.29, 1.82) is 0 Å². The lowest BCUT2D eigenvalue weighted by Crippen LogP contribution is -2.40. The Balaban J connectivity index is 2.29. The summed E-state index contributed by atoms with van der Waals surface area (Å²) in [6.45, 7) is 13.1. The number of hydrogen-bond donors (Lipinski definition) is 2. The minimum atomic E-state index is -0.420. The van der Waals surface area contributed by atoms with Crippen molar-refractivity contribution in [3.63, 3.8) is 0 Å². The van der Waals surface area contributed by atoms with E-state index in [-0.39, 0.29) is 6.09 Å². The second kappa shape index (κ2) is 7.87. The number of piperidine rings is 1. The van der Waals surface area contributed by atoms with Crippen LogP contribution in [-0.2, 0) is 4.74 Å². The van der Waals surface area contributed by atoms with Crippen LogP contribution in [0.25, 0.3) is 0 Å². The first-order valence-corrected chi connectivity index (χ1v) is 7.95. The Labute approximate surface area is 124 Å². The van der Waals surface area contributed by atoms with Gasteiger partial charge < -0.3 is 15.4 Å². The van der Waals surface area contributed by atoms with Crippen molar-refractivity contribution in [2.75, 3.05) is 19.6 Å². The van der Waals surface area contributed by atoms with Gasteiger partial charge in [0.05, 0.1) is 0 Å². The number of ether oxygens (including phenoxy) is 1. The van der Waals surface area contributed by atoms with Gasteiger partial charge in [-0.05, 0) is 70.9 Å². The first-order valence-electron chi connectivity index (χ1n) is 7.95. The van der Waals surface area contributed by atoms with Gasteiger partial charge in [-0.3, -0.25) is 0 Å². The molecule has 1 amide bonds. The minimum absolute atomic E-state index is 0.304. The number of nitrogens with one attached hydrogen (secondary N) is 2. The number of rotatable bonds is 5. The number of carbonyl (C=O) groups excluding carboxylic acids is 1. The normalized spacial score (nSPS) is 23.7. The van der Waals surface area contributed by atoms with Gasteiger partial charge in [-0.2, -0.15) is 0 Å². The molecule has 1 saturated heterocycles. The van der Waals surface area contributed by atoms with Gasteiger partial charge in [0, 0.05) is 6.54 Å². The number of amides is 1.